The molecule has 0 spiro atoms. The zero-order chi connectivity index (χ0) is 35.4. The van der Waals surface area contributed by atoms with Gasteiger partial charge < -0.3 is 24.6 Å². The molecule has 0 bridgehead atoms. The van der Waals surface area contributed by atoms with Crippen LogP contribution >= 0.6 is 0 Å². The lowest BCUT2D eigenvalue weighted by Crippen LogP contribution is -2.69. The molecule has 4 saturated carbocycles. The first-order valence-corrected chi connectivity index (χ1v) is 18.5. The third-order valence-corrected chi connectivity index (χ3v) is 14.9. The highest BCUT2D eigenvalue weighted by molar-refractivity contribution is 5.84. The molecule has 0 aromatic rings. The van der Waals surface area contributed by atoms with Crippen LogP contribution in [0.4, 0.5) is 0 Å². The maximum absolute atomic E-state index is 14.1. The van der Waals surface area contributed by atoms with E-state index in [1.165, 1.54) is 26.3 Å². The van der Waals surface area contributed by atoms with E-state index in [4.69, 9.17) is 14.2 Å². The van der Waals surface area contributed by atoms with Crippen molar-refractivity contribution >= 4 is 23.8 Å². The van der Waals surface area contributed by atoms with Crippen molar-refractivity contribution in [3.05, 3.63) is 11.6 Å². The Labute approximate surface area is 287 Å². The van der Waals surface area contributed by atoms with E-state index in [2.05, 4.69) is 46.0 Å². The van der Waals surface area contributed by atoms with E-state index < -0.39 is 40.9 Å². The number of fused-ring (bicyclic) bond motifs is 7. The molecule has 5 rings (SSSR count). The second kappa shape index (κ2) is 13.0. The highest BCUT2D eigenvalue weighted by Crippen LogP contribution is 2.76. The lowest BCUT2D eigenvalue weighted by molar-refractivity contribution is -0.255. The largest absolute Gasteiger partial charge is 0.465 e. The highest BCUT2D eigenvalue weighted by Gasteiger charge is 2.72. The number of ether oxygens (including phenoxy) is 3. The molecule has 48 heavy (non-hydrogen) atoms. The Balaban J connectivity index is 1.60. The first-order valence-electron chi connectivity index (χ1n) is 18.5. The molecule has 5 aliphatic carbocycles. The predicted octanol–water partition coefficient (Wildman–Crippen LogP) is 6.16. The summed E-state index contributed by atoms with van der Waals surface area (Å²) in [5.74, 6) is 0.188. The van der Waals surface area contributed by atoms with Crippen LogP contribution in [0, 0.1) is 56.7 Å². The summed E-state index contributed by atoms with van der Waals surface area (Å²) in [5.41, 5.74) is -0.297. The van der Waals surface area contributed by atoms with Crippen molar-refractivity contribution < 1.29 is 38.5 Å². The van der Waals surface area contributed by atoms with Gasteiger partial charge in [0.15, 0.2) is 0 Å². The molecular weight excluding hydrogens is 610 g/mol. The van der Waals surface area contributed by atoms with Gasteiger partial charge in [-0.2, -0.15) is 0 Å². The molecule has 0 radical (unpaired) electrons. The molecule has 0 aromatic carbocycles. The normalized spacial score (nSPS) is 44.8. The van der Waals surface area contributed by atoms with Gasteiger partial charge in [-0.1, -0.05) is 53.2 Å². The van der Waals surface area contributed by atoms with Gasteiger partial charge in [-0.05, 0) is 104 Å². The van der Waals surface area contributed by atoms with Crippen molar-refractivity contribution in [3.63, 3.8) is 0 Å². The van der Waals surface area contributed by atoms with E-state index >= 15 is 0 Å². The first-order chi connectivity index (χ1) is 22.4. The standard InChI is InChI=1S/C39H61NO8/c1-23-13-16-39(34(45)40-19-10-20-41)18-17-37(8)28(32(39)24(23)2)11-12-31-35(6)21-29(47-26(4)43)33(48-27(5)44)36(7,22-46-25(3)42)30(35)14-15-38(31,37)9/h11,23-24,29-33,41H,10,12-22H2,1-9H3,(H,40,45)/t23-,24+,29-,30-,31-,32+,33+,35+,36+,37-,38-,39+/m1/s1. The quantitative estimate of drug-likeness (QED) is 0.136. The Morgan fingerprint density at radius 2 is 1.58 bits per heavy atom. The van der Waals surface area contributed by atoms with Crippen LogP contribution in [0.1, 0.15) is 120 Å². The van der Waals surface area contributed by atoms with E-state index in [-0.39, 0.29) is 53.1 Å². The Morgan fingerprint density at radius 3 is 2.21 bits per heavy atom. The van der Waals surface area contributed by atoms with E-state index in [1.807, 2.05) is 6.92 Å². The minimum Gasteiger partial charge on any atom is -0.465 e. The van der Waals surface area contributed by atoms with Gasteiger partial charge in [-0.25, -0.2) is 0 Å². The number of hydrogen-bond acceptors (Lipinski definition) is 8. The first kappa shape index (κ1) is 36.9. The number of amides is 1. The maximum atomic E-state index is 14.1. The Morgan fingerprint density at radius 1 is 0.896 bits per heavy atom. The summed E-state index contributed by atoms with van der Waals surface area (Å²) in [6.07, 6.45) is 8.55. The molecule has 5 aliphatic rings. The molecule has 4 fully saturated rings. The smallest absolute Gasteiger partial charge is 0.303 e. The summed E-state index contributed by atoms with van der Waals surface area (Å²) in [6, 6.07) is 0. The zero-order valence-electron chi connectivity index (χ0n) is 30.9. The minimum absolute atomic E-state index is 0.0470. The number of aliphatic hydroxyl groups excluding tert-OH is 1. The van der Waals surface area contributed by atoms with Gasteiger partial charge in [0.25, 0.3) is 0 Å². The van der Waals surface area contributed by atoms with Crippen LogP contribution in [0.2, 0.25) is 0 Å². The van der Waals surface area contributed by atoms with Crippen LogP contribution in [-0.2, 0) is 33.4 Å². The van der Waals surface area contributed by atoms with E-state index in [9.17, 15) is 24.3 Å². The molecule has 0 heterocycles. The van der Waals surface area contributed by atoms with Crippen molar-refractivity contribution in [1.29, 1.82) is 0 Å². The number of carbonyl (C=O) groups is 4. The molecule has 9 nitrogen and oxygen atoms in total. The van der Waals surface area contributed by atoms with Crippen molar-refractivity contribution in [2.24, 2.45) is 56.7 Å². The fourth-order valence-corrected chi connectivity index (χ4v) is 12.4. The Hall–Kier alpha value is -2.42. The van der Waals surface area contributed by atoms with E-state index in [1.54, 1.807) is 0 Å². The van der Waals surface area contributed by atoms with Gasteiger partial charge in [0.1, 0.15) is 18.8 Å². The molecule has 0 aromatic heterocycles. The van der Waals surface area contributed by atoms with Gasteiger partial charge in [-0.15, -0.1) is 0 Å². The van der Waals surface area contributed by atoms with Crippen LogP contribution in [0.15, 0.2) is 11.6 Å². The molecule has 0 aliphatic heterocycles. The van der Waals surface area contributed by atoms with Crippen LogP contribution in [-0.4, -0.2) is 60.9 Å². The third kappa shape index (κ3) is 5.62. The average Bonchev–Trinajstić information content (AvgIpc) is 3.00. The number of esters is 3. The van der Waals surface area contributed by atoms with Gasteiger partial charge >= 0.3 is 17.9 Å². The third-order valence-electron chi connectivity index (χ3n) is 14.9. The number of rotatable bonds is 8. The summed E-state index contributed by atoms with van der Waals surface area (Å²) in [4.78, 5) is 51.3. The SMILES string of the molecule is CC(=O)OC[C@@]1(C)[C@@H]2CC[C@]3(C)[C@H](CC=C4[C@@H]5[C@@H](C)[C@H](C)CC[C@]5(C(=O)NCCCO)CC[C@]43C)[C@@]2(C)C[C@@H](OC(C)=O)[C@@H]1OC(C)=O. The lowest BCUT2D eigenvalue weighted by atomic mass is 9.33. The number of allylic oxidation sites excluding steroid dienone is 2. The number of hydrogen-bond donors (Lipinski definition) is 2. The van der Waals surface area contributed by atoms with Crippen molar-refractivity contribution in [3.8, 4) is 0 Å². The number of carbonyl (C=O) groups excluding carboxylic acids is 4. The maximum Gasteiger partial charge on any atom is 0.303 e. The molecular formula is C39H61NO8. The number of aliphatic hydroxyl groups is 1. The second-order valence-electron chi connectivity index (χ2n) is 17.3. The van der Waals surface area contributed by atoms with Gasteiger partial charge in [0.05, 0.1) is 5.41 Å². The Bertz CT molecular complexity index is 1330. The van der Waals surface area contributed by atoms with Gasteiger partial charge in [-0.3, -0.25) is 19.2 Å². The minimum atomic E-state index is -0.766. The average molecular weight is 672 g/mol. The molecule has 0 saturated heterocycles. The second-order valence-corrected chi connectivity index (χ2v) is 17.3. The summed E-state index contributed by atoms with van der Waals surface area (Å²) in [7, 11) is 0. The molecule has 9 heteroatoms. The number of nitrogens with one attached hydrogen (secondary N) is 1. The van der Waals surface area contributed by atoms with Crippen molar-refractivity contribution in [2.45, 2.75) is 132 Å². The fraction of sp³-hybridized carbons (Fsp3) is 0.846. The van der Waals surface area contributed by atoms with Crippen LogP contribution in [0.25, 0.3) is 0 Å². The zero-order valence-corrected chi connectivity index (χ0v) is 30.9. The van der Waals surface area contributed by atoms with E-state index in [0.29, 0.717) is 31.2 Å². The van der Waals surface area contributed by atoms with Gasteiger partial charge in [0.2, 0.25) is 5.91 Å². The molecule has 12 atom stereocenters. The topological polar surface area (TPSA) is 128 Å². The highest BCUT2D eigenvalue weighted by atomic mass is 16.6. The van der Waals surface area contributed by atoms with Crippen molar-refractivity contribution in [2.75, 3.05) is 19.8 Å². The molecule has 1 amide bonds. The summed E-state index contributed by atoms with van der Waals surface area (Å²) in [6.45, 7) is 18.8. The monoisotopic (exact) mass is 671 g/mol. The van der Waals surface area contributed by atoms with E-state index in [0.717, 1.165) is 44.9 Å². The molecule has 270 valence electrons. The summed E-state index contributed by atoms with van der Waals surface area (Å²) in [5, 5.41) is 12.6. The summed E-state index contributed by atoms with van der Waals surface area (Å²) < 4.78 is 17.7. The molecule has 0 unspecified atom stereocenters. The summed E-state index contributed by atoms with van der Waals surface area (Å²) >= 11 is 0. The molecule has 2 N–H and O–H groups in total. The van der Waals surface area contributed by atoms with Crippen LogP contribution in [0.5, 0.6) is 0 Å². The predicted molar refractivity (Wildman–Crippen MR) is 181 cm³/mol. The van der Waals surface area contributed by atoms with Gasteiger partial charge in [0, 0.05) is 39.3 Å². The van der Waals surface area contributed by atoms with Crippen molar-refractivity contribution in [1.82, 2.24) is 5.32 Å². The lowest BCUT2D eigenvalue weighted by Gasteiger charge is -2.72. The van der Waals surface area contributed by atoms with Crippen LogP contribution in [0.3, 0.4) is 0 Å². The fourth-order valence-electron chi connectivity index (χ4n) is 12.4. The van der Waals surface area contributed by atoms with Crippen LogP contribution < -0.4 is 5.32 Å². The Kier molecular flexibility index (Phi) is 10.0.